The van der Waals surface area contributed by atoms with Gasteiger partial charge in [0.15, 0.2) is 0 Å². The van der Waals surface area contributed by atoms with Crippen molar-refractivity contribution in [3.8, 4) is 0 Å². The molecule has 15 heavy (non-hydrogen) atoms. The van der Waals surface area contributed by atoms with E-state index in [9.17, 15) is 0 Å². The molecule has 2 rings (SSSR count). The third kappa shape index (κ3) is 2.06. The fourth-order valence-corrected chi connectivity index (χ4v) is 2.25. The van der Waals surface area contributed by atoms with Gasteiger partial charge in [0.05, 0.1) is 17.2 Å². The Bertz CT molecular complexity index is 447. The predicted octanol–water partition coefficient (Wildman–Crippen LogP) is 2.20. The maximum atomic E-state index is 6.14. The second-order valence-electron chi connectivity index (χ2n) is 3.51. The number of aromatic nitrogens is 2. The van der Waals surface area contributed by atoms with Crippen LogP contribution < -0.4 is 5.73 Å². The van der Waals surface area contributed by atoms with E-state index >= 15 is 0 Å². The maximum Gasteiger partial charge on any atom is 0.0798 e. The van der Waals surface area contributed by atoms with E-state index in [0.717, 1.165) is 21.8 Å². The van der Waals surface area contributed by atoms with Gasteiger partial charge >= 0.3 is 0 Å². The van der Waals surface area contributed by atoms with Crippen molar-refractivity contribution in [2.24, 2.45) is 5.73 Å². The number of nitrogens with two attached hydrogens (primary N) is 1. The molecule has 78 valence electrons. The summed E-state index contributed by atoms with van der Waals surface area (Å²) in [5, 5.41) is 0. The Labute approximate surface area is 93.0 Å². The van der Waals surface area contributed by atoms with Gasteiger partial charge in [0.1, 0.15) is 0 Å². The van der Waals surface area contributed by atoms with E-state index in [0.29, 0.717) is 0 Å². The zero-order chi connectivity index (χ0) is 10.8. The van der Waals surface area contributed by atoms with Crippen molar-refractivity contribution < 1.29 is 0 Å². The van der Waals surface area contributed by atoms with Gasteiger partial charge < -0.3 is 5.73 Å². The molecule has 0 amide bonds. The molecule has 2 aromatic heterocycles. The lowest BCUT2D eigenvalue weighted by molar-refractivity contribution is 0.866. The highest BCUT2D eigenvalue weighted by Gasteiger charge is 2.13. The lowest BCUT2D eigenvalue weighted by Gasteiger charge is -2.10. The Morgan fingerprint density at radius 3 is 2.60 bits per heavy atom. The molecule has 0 bridgehead atoms. The predicted molar refractivity (Wildman–Crippen MR) is 61.9 cm³/mol. The highest BCUT2D eigenvalue weighted by atomic mass is 32.1. The Morgan fingerprint density at radius 1 is 1.27 bits per heavy atom. The Balaban J connectivity index is 2.32. The minimum Gasteiger partial charge on any atom is -0.320 e. The van der Waals surface area contributed by atoms with Crippen molar-refractivity contribution in [1.29, 1.82) is 0 Å². The third-order valence-electron chi connectivity index (χ3n) is 2.36. The molecule has 0 spiro atoms. The van der Waals surface area contributed by atoms with Gasteiger partial charge in [0.2, 0.25) is 0 Å². The summed E-state index contributed by atoms with van der Waals surface area (Å²) >= 11 is 1.59. The molecule has 1 atom stereocenters. The molecule has 0 saturated carbocycles. The zero-order valence-corrected chi connectivity index (χ0v) is 9.58. The van der Waals surface area contributed by atoms with Gasteiger partial charge in [-0.1, -0.05) is 6.07 Å². The molecule has 2 heterocycles. The molecular formula is C11H13N3S. The van der Waals surface area contributed by atoms with Crippen LogP contribution in [0.15, 0.2) is 23.8 Å². The van der Waals surface area contributed by atoms with Crippen LogP contribution in [0, 0.1) is 13.8 Å². The lowest BCUT2D eigenvalue weighted by Crippen LogP contribution is -2.11. The summed E-state index contributed by atoms with van der Waals surface area (Å²) in [6, 6.07) is 3.89. The van der Waals surface area contributed by atoms with E-state index in [2.05, 4.69) is 9.97 Å². The molecule has 0 aliphatic carbocycles. The van der Waals surface area contributed by atoms with Gasteiger partial charge in [0.25, 0.3) is 0 Å². The van der Waals surface area contributed by atoms with Crippen LogP contribution in [0.4, 0.5) is 0 Å². The Morgan fingerprint density at radius 2 is 2.07 bits per heavy atom. The summed E-state index contributed by atoms with van der Waals surface area (Å²) in [5.41, 5.74) is 11.0. The number of aryl methyl sites for hydroxylation is 2. The van der Waals surface area contributed by atoms with Crippen molar-refractivity contribution in [1.82, 2.24) is 9.97 Å². The first kappa shape index (κ1) is 10.3. The Kier molecular flexibility index (Phi) is 2.79. The summed E-state index contributed by atoms with van der Waals surface area (Å²) in [4.78, 5) is 9.55. The molecular weight excluding hydrogens is 206 g/mol. The molecule has 0 radical (unpaired) electrons. The lowest BCUT2D eigenvalue weighted by atomic mass is 10.1. The topological polar surface area (TPSA) is 51.8 Å². The molecule has 2 N–H and O–H groups in total. The summed E-state index contributed by atoms with van der Waals surface area (Å²) in [6.07, 6.45) is 1.83. The molecule has 2 aromatic rings. The van der Waals surface area contributed by atoms with Gasteiger partial charge in [0, 0.05) is 16.8 Å². The fourth-order valence-electron chi connectivity index (χ4n) is 1.42. The van der Waals surface area contributed by atoms with Crippen LogP contribution in [0.2, 0.25) is 0 Å². The number of nitrogens with zero attached hydrogens (tertiary/aromatic N) is 2. The van der Waals surface area contributed by atoms with Crippen LogP contribution in [-0.4, -0.2) is 9.97 Å². The van der Waals surface area contributed by atoms with Crippen LogP contribution in [0.1, 0.15) is 27.9 Å². The highest BCUT2D eigenvalue weighted by Crippen LogP contribution is 2.25. The molecule has 4 heteroatoms. The minimum absolute atomic E-state index is 0.106. The van der Waals surface area contributed by atoms with Gasteiger partial charge in [-0.05, 0) is 25.5 Å². The molecule has 1 unspecified atom stereocenters. The quantitative estimate of drug-likeness (QED) is 0.842. The summed E-state index contributed by atoms with van der Waals surface area (Å²) in [7, 11) is 0. The average Bonchev–Trinajstić information content (AvgIpc) is 2.65. The van der Waals surface area contributed by atoms with E-state index in [-0.39, 0.29) is 6.04 Å². The van der Waals surface area contributed by atoms with Gasteiger partial charge in [-0.15, -0.1) is 11.3 Å². The van der Waals surface area contributed by atoms with Gasteiger partial charge in [-0.2, -0.15) is 0 Å². The number of rotatable bonds is 2. The molecule has 3 nitrogen and oxygen atoms in total. The van der Waals surface area contributed by atoms with Crippen molar-refractivity contribution in [2.45, 2.75) is 19.9 Å². The van der Waals surface area contributed by atoms with E-state index < -0.39 is 0 Å². The standard InChI is InChI=1S/C11H13N3S/c1-7-3-4-9(5-13-7)10(12)11-8(2)14-6-15-11/h3-6,10H,12H2,1-2H3. The Hall–Kier alpha value is -1.26. The molecule has 0 aromatic carbocycles. The van der Waals surface area contributed by atoms with Crippen LogP contribution >= 0.6 is 11.3 Å². The number of thiazole rings is 1. The SMILES string of the molecule is Cc1ccc(C(N)c2scnc2C)cn1. The van der Waals surface area contributed by atoms with Crippen LogP contribution in [0.5, 0.6) is 0 Å². The van der Waals surface area contributed by atoms with E-state index in [1.54, 1.807) is 11.3 Å². The monoisotopic (exact) mass is 219 g/mol. The zero-order valence-electron chi connectivity index (χ0n) is 8.77. The second-order valence-corrected chi connectivity index (χ2v) is 4.40. The van der Waals surface area contributed by atoms with E-state index in [1.807, 2.05) is 37.7 Å². The average molecular weight is 219 g/mol. The van der Waals surface area contributed by atoms with Crippen LogP contribution in [-0.2, 0) is 0 Å². The minimum atomic E-state index is -0.106. The largest absolute Gasteiger partial charge is 0.320 e. The van der Waals surface area contributed by atoms with Gasteiger partial charge in [-0.3, -0.25) is 4.98 Å². The number of pyridine rings is 1. The third-order valence-corrected chi connectivity index (χ3v) is 3.37. The van der Waals surface area contributed by atoms with Crippen molar-refractivity contribution in [3.63, 3.8) is 0 Å². The summed E-state index contributed by atoms with van der Waals surface area (Å²) in [5.74, 6) is 0. The fraction of sp³-hybridized carbons (Fsp3) is 0.273. The summed E-state index contributed by atoms with van der Waals surface area (Å²) in [6.45, 7) is 3.95. The summed E-state index contributed by atoms with van der Waals surface area (Å²) < 4.78 is 0. The molecule has 0 aliphatic rings. The van der Waals surface area contributed by atoms with Crippen molar-refractivity contribution in [3.05, 3.63) is 45.7 Å². The number of hydrogen-bond acceptors (Lipinski definition) is 4. The molecule has 0 saturated heterocycles. The first-order chi connectivity index (χ1) is 7.18. The second kappa shape index (κ2) is 4.08. The highest BCUT2D eigenvalue weighted by molar-refractivity contribution is 7.09. The first-order valence-electron chi connectivity index (χ1n) is 4.76. The smallest absolute Gasteiger partial charge is 0.0798 e. The molecule has 0 aliphatic heterocycles. The van der Waals surface area contributed by atoms with Crippen molar-refractivity contribution in [2.75, 3.05) is 0 Å². The van der Waals surface area contributed by atoms with Crippen LogP contribution in [0.3, 0.4) is 0 Å². The van der Waals surface area contributed by atoms with E-state index in [1.165, 1.54) is 0 Å². The normalized spacial score (nSPS) is 12.7. The van der Waals surface area contributed by atoms with Crippen molar-refractivity contribution >= 4 is 11.3 Å². The van der Waals surface area contributed by atoms with Gasteiger partial charge in [-0.25, -0.2) is 4.98 Å². The number of hydrogen-bond donors (Lipinski definition) is 1. The van der Waals surface area contributed by atoms with Crippen LogP contribution in [0.25, 0.3) is 0 Å². The van der Waals surface area contributed by atoms with E-state index in [4.69, 9.17) is 5.73 Å². The first-order valence-corrected chi connectivity index (χ1v) is 5.64. The molecule has 0 fully saturated rings. The maximum absolute atomic E-state index is 6.14.